The van der Waals surface area contributed by atoms with Gasteiger partial charge < -0.3 is 14.8 Å². The standard InChI is InChI=1S/C21H22ClN3O5S2/c1-14-20(31-19(25-14)13-30-17-5-3-15(22)4-6-17)21(26)23-11-12-24-32(27,28)18-9-7-16(29-2)8-10-18/h3-10,24H,11-13H2,1-2H3,(H,23,26). The van der Waals surface area contributed by atoms with Crippen LogP contribution in [0.1, 0.15) is 20.4 Å². The molecule has 8 nitrogen and oxygen atoms in total. The van der Waals surface area contributed by atoms with Crippen LogP contribution in [0.3, 0.4) is 0 Å². The number of methoxy groups -OCH3 is 1. The second-order valence-electron chi connectivity index (χ2n) is 6.59. The third-order valence-corrected chi connectivity index (χ3v) is 7.15. The quantitative estimate of drug-likeness (QED) is 0.417. The molecule has 0 bridgehead atoms. The lowest BCUT2D eigenvalue weighted by Crippen LogP contribution is -2.34. The van der Waals surface area contributed by atoms with Crippen LogP contribution in [0.2, 0.25) is 5.02 Å². The molecule has 170 valence electrons. The van der Waals surface area contributed by atoms with Gasteiger partial charge in [0.25, 0.3) is 5.91 Å². The van der Waals surface area contributed by atoms with Gasteiger partial charge in [0.1, 0.15) is 28.0 Å². The van der Waals surface area contributed by atoms with Crippen molar-refractivity contribution in [2.45, 2.75) is 18.4 Å². The Morgan fingerprint density at radius 2 is 1.72 bits per heavy atom. The predicted molar refractivity (Wildman–Crippen MR) is 123 cm³/mol. The lowest BCUT2D eigenvalue weighted by molar-refractivity contribution is 0.0957. The monoisotopic (exact) mass is 495 g/mol. The van der Waals surface area contributed by atoms with E-state index in [4.69, 9.17) is 21.1 Å². The van der Waals surface area contributed by atoms with Gasteiger partial charge in [-0.15, -0.1) is 11.3 Å². The molecule has 32 heavy (non-hydrogen) atoms. The van der Waals surface area contributed by atoms with Crippen molar-refractivity contribution in [1.29, 1.82) is 0 Å². The molecule has 1 amide bonds. The Morgan fingerprint density at radius 3 is 2.38 bits per heavy atom. The van der Waals surface area contributed by atoms with Gasteiger partial charge in [-0.2, -0.15) is 0 Å². The molecule has 0 unspecified atom stereocenters. The summed E-state index contributed by atoms with van der Waals surface area (Å²) in [7, 11) is -2.17. The van der Waals surface area contributed by atoms with Crippen LogP contribution >= 0.6 is 22.9 Å². The molecule has 0 atom stereocenters. The van der Waals surface area contributed by atoms with E-state index in [1.54, 1.807) is 43.3 Å². The average molecular weight is 496 g/mol. The fourth-order valence-electron chi connectivity index (χ4n) is 2.68. The predicted octanol–water partition coefficient (Wildman–Crippen LogP) is 3.40. The van der Waals surface area contributed by atoms with Gasteiger partial charge in [0.05, 0.1) is 17.7 Å². The van der Waals surface area contributed by atoms with Gasteiger partial charge in [-0.05, 0) is 55.5 Å². The number of aryl methyl sites for hydroxylation is 1. The third-order valence-electron chi connectivity index (χ3n) is 4.30. The summed E-state index contributed by atoms with van der Waals surface area (Å²) in [5.74, 6) is 0.896. The van der Waals surface area contributed by atoms with Gasteiger partial charge in [-0.1, -0.05) is 11.6 Å². The minimum atomic E-state index is -3.68. The molecule has 0 aliphatic carbocycles. The van der Waals surface area contributed by atoms with Crippen LogP contribution in [-0.2, 0) is 16.6 Å². The van der Waals surface area contributed by atoms with Crippen LogP contribution in [-0.4, -0.2) is 39.5 Å². The van der Waals surface area contributed by atoms with E-state index < -0.39 is 10.0 Å². The second-order valence-corrected chi connectivity index (χ2v) is 9.88. The van der Waals surface area contributed by atoms with Gasteiger partial charge >= 0.3 is 0 Å². The molecule has 3 aromatic rings. The smallest absolute Gasteiger partial charge is 0.263 e. The summed E-state index contributed by atoms with van der Waals surface area (Å²) in [6.45, 7) is 2.14. The van der Waals surface area contributed by atoms with E-state index in [1.807, 2.05) is 0 Å². The van der Waals surface area contributed by atoms with Crippen LogP contribution in [0, 0.1) is 6.92 Å². The van der Waals surface area contributed by atoms with Gasteiger partial charge in [0.15, 0.2) is 0 Å². The van der Waals surface area contributed by atoms with Crippen molar-refractivity contribution in [3.63, 3.8) is 0 Å². The lowest BCUT2D eigenvalue weighted by atomic mass is 10.3. The summed E-state index contributed by atoms with van der Waals surface area (Å²) in [5, 5.41) is 3.98. The highest BCUT2D eigenvalue weighted by Gasteiger charge is 2.17. The number of nitrogens with one attached hydrogen (secondary N) is 2. The maximum Gasteiger partial charge on any atom is 0.263 e. The second kappa shape index (κ2) is 10.8. The number of thiazole rings is 1. The van der Waals surface area contributed by atoms with Gasteiger partial charge in [-0.25, -0.2) is 18.1 Å². The Morgan fingerprint density at radius 1 is 1.06 bits per heavy atom. The van der Waals surface area contributed by atoms with Crippen LogP contribution in [0.15, 0.2) is 53.4 Å². The molecule has 1 heterocycles. The summed E-state index contributed by atoms with van der Waals surface area (Å²) >= 11 is 7.08. The van der Waals surface area contributed by atoms with Crippen LogP contribution in [0.5, 0.6) is 11.5 Å². The van der Waals surface area contributed by atoms with Crippen molar-refractivity contribution in [3.8, 4) is 11.5 Å². The number of carbonyl (C=O) groups is 1. The number of halogens is 1. The molecule has 2 N–H and O–H groups in total. The molecule has 0 aliphatic heterocycles. The number of ether oxygens (including phenoxy) is 2. The van der Waals surface area contributed by atoms with Crippen LogP contribution in [0.25, 0.3) is 0 Å². The summed E-state index contributed by atoms with van der Waals surface area (Å²) in [5.41, 5.74) is 0.584. The molecular formula is C21H22ClN3O5S2. The zero-order valence-electron chi connectivity index (χ0n) is 17.4. The molecular weight excluding hydrogens is 474 g/mol. The maximum absolute atomic E-state index is 12.5. The topological polar surface area (TPSA) is 107 Å². The summed E-state index contributed by atoms with van der Waals surface area (Å²) in [6.07, 6.45) is 0. The Hall–Kier alpha value is -2.66. The van der Waals surface area contributed by atoms with Crippen molar-refractivity contribution in [2.24, 2.45) is 0 Å². The Balaban J connectivity index is 1.48. The zero-order chi connectivity index (χ0) is 23.1. The molecule has 11 heteroatoms. The fourth-order valence-corrected chi connectivity index (χ4v) is 4.73. The molecule has 0 radical (unpaired) electrons. The number of amides is 1. The highest BCUT2D eigenvalue weighted by molar-refractivity contribution is 7.89. The number of sulfonamides is 1. The van der Waals surface area contributed by atoms with E-state index in [0.717, 1.165) is 0 Å². The Kier molecular flexibility index (Phi) is 8.08. The highest BCUT2D eigenvalue weighted by Crippen LogP contribution is 2.21. The largest absolute Gasteiger partial charge is 0.497 e. The van der Waals surface area contributed by atoms with Crippen molar-refractivity contribution in [3.05, 3.63) is 69.1 Å². The molecule has 0 saturated heterocycles. The van der Waals surface area contributed by atoms with E-state index in [1.165, 1.54) is 30.6 Å². The number of hydrogen-bond acceptors (Lipinski definition) is 7. The van der Waals surface area contributed by atoms with Crippen LogP contribution in [0.4, 0.5) is 0 Å². The number of carbonyl (C=O) groups excluding carboxylic acids is 1. The number of nitrogens with zero attached hydrogens (tertiary/aromatic N) is 1. The van der Waals surface area contributed by atoms with Crippen molar-refractivity contribution < 1.29 is 22.7 Å². The molecule has 2 aromatic carbocycles. The minimum Gasteiger partial charge on any atom is -0.497 e. The molecule has 0 spiro atoms. The SMILES string of the molecule is COc1ccc(S(=O)(=O)NCCNC(=O)c2sc(COc3ccc(Cl)cc3)nc2C)cc1. The van der Waals surface area contributed by atoms with Gasteiger partial charge in [0, 0.05) is 18.1 Å². The third kappa shape index (κ3) is 6.42. The lowest BCUT2D eigenvalue weighted by Gasteiger charge is -2.08. The summed E-state index contributed by atoms with van der Waals surface area (Å²) in [4.78, 5) is 17.4. The Labute approximate surface area is 195 Å². The molecule has 0 fully saturated rings. The molecule has 0 saturated carbocycles. The van der Waals surface area contributed by atoms with Crippen molar-refractivity contribution >= 4 is 38.9 Å². The fraction of sp³-hybridized carbons (Fsp3) is 0.238. The van der Waals surface area contributed by atoms with Gasteiger partial charge in [-0.3, -0.25) is 4.79 Å². The van der Waals surface area contributed by atoms with E-state index in [9.17, 15) is 13.2 Å². The zero-order valence-corrected chi connectivity index (χ0v) is 19.8. The minimum absolute atomic E-state index is 0.0461. The number of hydrogen-bond donors (Lipinski definition) is 2. The first kappa shape index (κ1) is 24.0. The normalized spacial score (nSPS) is 11.2. The van der Waals surface area contributed by atoms with E-state index in [0.29, 0.717) is 32.1 Å². The summed E-state index contributed by atoms with van der Waals surface area (Å²) in [6, 6.07) is 13.0. The first-order chi connectivity index (χ1) is 15.3. The first-order valence-corrected chi connectivity index (χ1v) is 12.2. The molecule has 3 rings (SSSR count). The van der Waals surface area contributed by atoms with E-state index >= 15 is 0 Å². The average Bonchev–Trinajstić information content (AvgIpc) is 3.17. The summed E-state index contributed by atoms with van der Waals surface area (Å²) < 4.78 is 37.8. The molecule has 1 aromatic heterocycles. The van der Waals surface area contributed by atoms with Gasteiger partial charge in [0.2, 0.25) is 10.0 Å². The molecule has 0 aliphatic rings. The van der Waals surface area contributed by atoms with E-state index in [2.05, 4.69) is 15.0 Å². The first-order valence-electron chi connectivity index (χ1n) is 9.55. The maximum atomic E-state index is 12.5. The number of benzene rings is 2. The Bertz CT molecular complexity index is 1160. The van der Waals surface area contributed by atoms with E-state index in [-0.39, 0.29) is 30.5 Å². The highest BCUT2D eigenvalue weighted by atomic mass is 35.5. The number of rotatable bonds is 10. The van der Waals surface area contributed by atoms with Crippen LogP contribution < -0.4 is 19.5 Å². The van der Waals surface area contributed by atoms with Crippen molar-refractivity contribution in [1.82, 2.24) is 15.0 Å². The number of aromatic nitrogens is 1. The van der Waals surface area contributed by atoms with Crippen molar-refractivity contribution in [2.75, 3.05) is 20.2 Å².